The zero-order valence-electron chi connectivity index (χ0n) is 43.4. The van der Waals surface area contributed by atoms with E-state index in [1.165, 1.54) is 6.07 Å². The van der Waals surface area contributed by atoms with Gasteiger partial charge >= 0.3 is 6.18 Å². The predicted octanol–water partition coefficient (Wildman–Crippen LogP) is 12.7. The van der Waals surface area contributed by atoms with Crippen molar-refractivity contribution in [3.05, 3.63) is 200 Å². The zero-order chi connectivity index (χ0) is 53.8. The Balaban J connectivity index is 1.22. The minimum Gasteiger partial charge on any atom is -0.219 e. The van der Waals surface area contributed by atoms with E-state index >= 15 is 13.2 Å². The molecule has 2 aliphatic rings. The maximum atomic E-state index is 16.1. The maximum Gasteiger partial charge on any atom is 0.417 e. The number of hydrogen-bond acceptors (Lipinski definition) is 13. The summed E-state index contributed by atoms with van der Waals surface area (Å²) < 4.78 is 48.4. The average Bonchev–Trinajstić information content (AvgIpc) is 4.15. The molecule has 2 aliphatic carbocycles. The fourth-order valence-electron chi connectivity index (χ4n) is 11.5. The lowest BCUT2D eigenvalue weighted by molar-refractivity contribution is -0.137. The van der Waals surface area contributed by atoms with Crippen molar-refractivity contribution in [2.45, 2.75) is 80.3 Å². The van der Waals surface area contributed by atoms with Crippen molar-refractivity contribution >= 4 is 0 Å². The third kappa shape index (κ3) is 8.53. The summed E-state index contributed by atoms with van der Waals surface area (Å²) in [4.78, 5) is 55.7. The van der Waals surface area contributed by atoms with Crippen LogP contribution in [0.2, 0.25) is 0 Å². The predicted molar refractivity (Wildman–Crippen MR) is 285 cm³/mol. The number of alkyl halides is 3. The van der Waals surface area contributed by atoms with Crippen molar-refractivity contribution in [1.82, 2.24) is 59.8 Å². The highest BCUT2D eigenvalue weighted by Crippen LogP contribution is 2.58. The zero-order valence-corrected chi connectivity index (χ0v) is 43.4. The number of fused-ring (bicyclic) bond motifs is 6. The van der Waals surface area contributed by atoms with Crippen LogP contribution in [0.25, 0.3) is 78.9 Å². The largest absolute Gasteiger partial charge is 0.417 e. The molecule has 4 heterocycles. The van der Waals surface area contributed by atoms with E-state index in [1.807, 2.05) is 128 Å². The fourth-order valence-corrected chi connectivity index (χ4v) is 11.5. The summed E-state index contributed by atoms with van der Waals surface area (Å²) in [5, 5.41) is 11.3. The first kappa shape index (κ1) is 48.6. The molecule has 0 fully saturated rings. The molecule has 0 amide bonds. The molecule has 0 aliphatic heterocycles. The van der Waals surface area contributed by atoms with Crippen molar-refractivity contribution in [2.24, 2.45) is 0 Å². The van der Waals surface area contributed by atoms with Gasteiger partial charge in [-0.25, -0.2) is 59.8 Å². The van der Waals surface area contributed by atoms with Crippen molar-refractivity contribution in [3.8, 4) is 85.0 Å². The lowest BCUT2D eigenvalue weighted by atomic mass is 9.74. The van der Waals surface area contributed by atoms with Crippen LogP contribution in [0.1, 0.15) is 109 Å². The summed E-state index contributed by atoms with van der Waals surface area (Å²) in [6.45, 7) is 16.2. The highest BCUT2D eigenvalue weighted by atomic mass is 19.4. The molecular weight excluding hydrogens is 972 g/mol. The topological polar surface area (TPSA) is 178 Å². The van der Waals surface area contributed by atoms with E-state index in [9.17, 15) is 5.26 Å². The molecule has 12 rings (SSSR count). The summed E-state index contributed by atoms with van der Waals surface area (Å²) >= 11 is 0. The smallest absolute Gasteiger partial charge is 0.219 e. The van der Waals surface area contributed by atoms with E-state index in [0.717, 1.165) is 50.6 Å². The van der Waals surface area contributed by atoms with Gasteiger partial charge in [0.15, 0.2) is 23.3 Å². The molecule has 0 atom stereocenters. The molecule has 10 aromatic rings. The SMILES string of the molecule is Cc1nc(C)nc(-c2ccc3c(c2)C(c2cc(C#N)cc(C4c5cc(-c6nc(C)nc(C)n6)ccc5-c5ccc(-c6nc(C)nc(C)n6)cc54)c2-c2c(C)cccc2C(F)(F)F)c2cc(-c4nc(C)nc(C)n4)ccc2-3)n1. The van der Waals surface area contributed by atoms with Gasteiger partial charge in [-0.2, -0.15) is 18.4 Å². The number of nitrogens with zero attached hydrogens (tertiary/aromatic N) is 13. The number of benzene rings is 6. The number of nitriles is 1. The Morgan fingerprint density at radius 1 is 0.364 bits per heavy atom. The number of aromatic nitrogens is 12. The minimum absolute atomic E-state index is 0.000949. The average molecular weight is 1020 g/mol. The molecule has 376 valence electrons. The van der Waals surface area contributed by atoms with Crippen LogP contribution in [0.4, 0.5) is 13.2 Å². The molecular formula is C61H46F3N13. The third-order valence-electron chi connectivity index (χ3n) is 14.3. The highest BCUT2D eigenvalue weighted by molar-refractivity contribution is 5.92. The van der Waals surface area contributed by atoms with E-state index in [-0.39, 0.29) is 11.1 Å². The first-order valence-corrected chi connectivity index (χ1v) is 25.0. The van der Waals surface area contributed by atoms with Gasteiger partial charge in [0.1, 0.15) is 46.6 Å². The number of halogens is 3. The summed E-state index contributed by atoms with van der Waals surface area (Å²) in [6.07, 6.45) is -4.80. The normalized spacial score (nSPS) is 12.8. The molecule has 0 unspecified atom stereocenters. The molecule has 0 bridgehead atoms. The van der Waals surface area contributed by atoms with Gasteiger partial charge in [-0.3, -0.25) is 0 Å². The fraction of sp³-hybridized carbons (Fsp3) is 0.197. The monoisotopic (exact) mass is 1020 g/mol. The van der Waals surface area contributed by atoms with Crippen molar-refractivity contribution < 1.29 is 13.2 Å². The van der Waals surface area contributed by atoms with Crippen LogP contribution in [-0.4, -0.2) is 59.8 Å². The highest BCUT2D eigenvalue weighted by Gasteiger charge is 2.42. The Bertz CT molecular complexity index is 3690. The van der Waals surface area contributed by atoms with E-state index < -0.39 is 23.6 Å². The van der Waals surface area contributed by atoms with E-state index in [1.54, 1.807) is 25.1 Å². The Morgan fingerprint density at radius 3 is 0.935 bits per heavy atom. The molecule has 4 aromatic heterocycles. The van der Waals surface area contributed by atoms with Gasteiger partial charge < -0.3 is 0 Å². The first-order chi connectivity index (χ1) is 36.9. The second-order valence-corrected chi connectivity index (χ2v) is 19.7. The van der Waals surface area contributed by atoms with Crippen molar-refractivity contribution in [2.75, 3.05) is 0 Å². The molecule has 0 saturated heterocycles. The van der Waals surface area contributed by atoms with Gasteiger partial charge in [0, 0.05) is 34.1 Å². The van der Waals surface area contributed by atoms with Gasteiger partial charge in [-0.1, -0.05) is 60.7 Å². The van der Waals surface area contributed by atoms with Crippen molar-refractivity contribution in [3.63, 3.8) is 0 Å². The molecule has 13 nitrogen and oxygen atoms in total. The number of rotatable bonds is 7. The summed E-state index contributed by atoms with van der Waals surface area (Å²) in [7, 11) is 0. The molecule has 0 saturated carbocycles. The summed E-state index contributed by atoms with van der Waals surface area (Å²) in [5.41, 5.74) is 10.5. The minimum atomic E-state index is -4.80. The van der Waals surface area contributed by atoms with E-state index in [0.29, 0.717) is 114 Å². The molecule has 6 aromatic carbocycles. The van der Waals surface area contributed by atoms with Gasteiger partial charge in [-0.15, -0.1) is 0 Å². The van der Waals surface area contributed by atoms with E-state index in [4.69, 9.17) is 39.9 Å². The summed E-state index contributed by atoms with van der Waals surface area (Å²) in [6, 6.07) is 34.2. The molecule has 0 spiro atoms. The Labute approximate surface area is 441 Å². The standard InChI is InChI=1S/C61H46F3N13/c1-28-11-10-12-52(61(62,63)64)53(28)56-50(54-46-23-38(57-70-29(2)66-30(3)71-57)13-17-42(46)43-18-14-39(24-47(43)54)58-72-31(4)67-32(5)73-58)21-37(27-65)22-51(56)55-48-25-40(59-74-33(6)68-34(7)75-59)15-19-44(48)45-20-16-41(26-49(45)55)60-76-35(8)69-36(9)77-60/h10-26,54-55H,1-9H3. The van der Waals surface area contributed by atoms with Gasteiger partial charge in [0.05, 0.1) is 17.2 Å². The second-order valence-electron chi connectivity index (χ2n) is 19.7. The van der Waals surface area contributed by atoms with Gasteiger partial charge in [-0.05, 0) is 177 Å². The third-order valence-corrected chi connectivity index (χ3v) is 14.3. The molecule has 77 heavy (non-hydrogen) atoms. The first-order valence-electron chi connectivity index (χ1n) is 25.0. The number of hydrogen-bond donors (Lipinski definition) is 0. The molecule has 16 heteroatoms. The van der Waals surface area contributed by atoms with Crippen LogP contribution in [0.3, 0.4) is 0 Å². The Hall–Kier alpha value is -9.36. The van der Waals surface area contributed by atoms with Crippen LogP contribution < -0.4 is 0 Å². The molecule has 0 radical (unpaired) electrons. The molecule has 0 N–H and O–H groups in total. The quantitative estimate of drug-likeness (QED) is 0.147. The second kappa shape index (κ2) is 18.2. The van der Waals surface area contributed by atoms with Crippen LogP contribution in [-0.2, 0) is 6.18 Å². The Morgan fingerprint density at radius 2 is 0.662 bits per heavy atom. The lowest BCUT2D eigenvalue weighted by Gasteiger charge is -2.28. The summed E-state index contributed by atoms with van der Waals surface area (Å²) in [5.74, 6) is 4.60. The van der Waals surface area contributed by atoms with Gasteiger partial charge in [0.2, 0.25) is 0 Å². The lowest BCUT2D eigenvalue weighted by Crippen LogP contribution is -2.14. The Kier molecular flexibility index (Phi) is 11.5. The van der Waals surface area contributed by atoms with Crippen LogP contribution >= 0.6 is 0 Å². The van der Waals surface area contributed by atoms with Gasteiger partial charge in [0.25, 0.3) is 0 Å². The number of aryl methyl sites for hydroxylation is 9. The van der Waals surface area contributed by atoms with Crippen LogP contribution in [0.5, 0.6) is 0 Å². The van der Waals surface area contributed by atoms with Crippen molar-refractivity contribution in [1.29, 1.82) is 5.26 Å². The van der Waals surface area contributed by atoms with Crippen LogP contribution in [0, 0.1) is 73.6 Å². The van der Waals surface area contributed by atoms with E-state index in [2.05, 4.69) is 26.0 Å². The van der Waals surface area contributed by atoms with Crippen LogP contribution in [0.15, 0.2) is 103 Å². The maximum absolute atomic E-state index is 16.1.